The number of hydrogen-bond donors (Lipinski definition) is 0. The average Bonchev–Trinajstić information content (AvgIpc) is 3.01. The molecule has 1 amide bonds. The third-order valence-corrected chi connectivity index (χ3v) is 4.58. The van der Waals surface area contributed by atoms with Crippen LogP contribution in [0.25, 0.3) is 5.65 Å². The predicted molar refractivity (Wildman–Crippen MR) is 94.4 cm³/mol. The average molecular weight is 338 g/mol. The van der Waals surface area contributed by atoms with Gasteiger partial charge in [-0.3, -0.25) is 4.79 Å². The Labute approximate surface area is 145 Å². The van der Waals surface area contributed by atoms with Crippen LogP contribution >= 0.6 is 0 Å². The van der Waals surface area contributed by atoms with Gasteiger partial charge in [0, 0.05) is 38.6 Å². The zero-order valence-electron chi connectivity index (χ0n) is 14.0. The standard InChI is InChI=1S/C19H19FN4O/c1-14-12-24-13-15(6-7-18(24)21-14)19(25)23-10-8-22(9-11-23)17-5-3-2-4-16(17)20/h2-7,12-13H,8-11H2,1H3. The second-order valence-electron chi connectivity index (χ2n) is 6.30. The van der Waals surface area contributed by atoms with Gasteiger partial charge in [-0.25, -0.2) is 9.37 Å². The van der Waals surface area contributed by atoms with E-state index in [0.29, 0.717) is 37.4 Å². The fourth-order valence-corrected chi connectivity index (χ4v) is 3.29. The SMILES string of the molecule is Cc1cn2cc(C(=O)N3CCN(c4ccccc4F)CC3)ccc2n1. The van der Waals surface area contributed by atoms with Crippen molar-refractivity contribution in [3.8, 4) is 0 Å². The van der Waals surface area contributed by atoms with Gasteiger partial charge in [-0.1, -0.05) is 12.1 Å². The summed E-state index contributed by atoms with van der Waals surface area (Å²) in [5.41, 5.74) is 3.00. The number of aromatic nitrogens is 2. The number of amides is 1. The van der Waals surface area contributed by atoms with Crippen molar-refractivity contribution in [3.63, 3.8) is 0 Å². The second kappa shape index (κ2) is 6.20. The number of nitrogens with zero attached hydrogens (tertiary/aromatic N) is 4. The van der Waals surface area contributed by atoms with Crippen LogP contribution in [0.4, 0.5) is 10.1 Å². The lowest BCUT2D eigenvalue weighted by atomic mass is 10.2. The summed E-state index contributed by atoms with van der Waals surface area (Å²) in [4.78, 5) is 20.9. The molecule has 1 fully saturated rings. The van der Waals surface area contributed by atoms with E-state index in [4.69, 9.17) is 0 Å². The Balaban J connectivity index is 1.48. The van der Waals surface area contributed by atoms with E-state index in [1.807, 2.05) is 51.7 Å². The third kappa shape index (κ3) is 2.95. The quantitative estimate of drug-likeness (QED) is 0.721. The highest BCUT2D eigenvalue weighted by Gasteiger charge is 2.23. The van der Waals surface area contributed by atoms with Crippen molar-refractivity contribution in [1.82, 2.24) is 14.3 Å². The maximum Gasteiger partial charge on any atom is 0.255 e. The molecule has 128 valence electrons. The predicted octanol–water partition coefficient (Wildman–Crippen LogP) is 2.74. The van der Waals surface area contributed by atoms with Gasteiger partial charge in [-0.05, 0) is 31.2 Å². The summed E-state index contributed by atoms with van der Waals surface area (Å²) >= 11 is 0. The lowest BCUT2D eigenvalue weighted by Crippen LogP contribution is -2.49. The zero-order valence-corrected chi connectivity index (χ0v) is 14.0. The Morgan fingerprint density at radius 2 is 1.80 bits per heavy atom. The number of piperazine rings is 1. The number of rotatable bonds is 2. The number of carbonyl (C=O) groups excluding carboxylic acids is 1. The number of halogens is 1. The van der Waals surface area contributed by atoms with Gasteiger partial charge in [0.1, 0.15) is 11.5 Å². The number of anilines is 1. The molecule has 0 N–H and O–H groups in total. The molecule has 1 aliphatic rings. The molecule has 0 saturated carbocycles. The summed E-state index contributed by atoms with van der Waals surface area (Å²) in [7, 11) is 0. The maximum absolute atomic E-state index is 13.9. The molecule has 1 aliphatic heterocycles. The van der Waals surface area contributed by atoms with Gasteiger partial charge in [0.05, 0.1) is 16.9 Å². The van der Waals surface area contributed by atoms with Crippen LogP contribution in [0.5, 0.6) is 0 Å². The minimum Gasteiger partial charge on any atom is -0.366 e. The molecule has 5 nitrogen and oxygen atoms in total. The first-order valence-corrected chi connectivity index (χ1v) is 8.36. The summed E-state index contributed by atoms with van der Waals surface area (Å²) in [6.45, 7) is 4.33. The van der Waals surface area contributed by atoms with Crippen LogP contribution in [-0.4, -0.2) is 46.4 Å². The molecular formula is C19H19FN4O. The van der Waals surface area contributed by atoms with Crippen LogP contribution in [0.2, 0.25) is 0 Å². The van der Waals surface area contributed by atoms with Crippen LogP contribution in [0.3, 0.4) is 0 Å². The summed E-state index contributed by atoms with van der Waals surface area (Å²) in [6, 6.07) is 10.4. The van der Waals surface area contributed by atoms with E-state index in [1.165, 1.54) is 6.07 Å². The largest absolute Gasteiger partial charge is 0.366 e. The molecule has 0 aliphatic carbocycles. The first-order chi connectivity index (χ1) is 12.1. The molecule has 3 aromatic rings. The highest BCUT2D eigenvalue weighted by atomic mass is 19.1. The minimum atomic E-state index is -0.219. The highest BCUT2D eigenvalue weighted by molar-refractivity contribution is 5.94. The summed E-state index contributed by atoms with van der Waals surface area (Å²) in [5.74, 6) is -0.218. The molecule has 2 aromatic heterocycles. The van der Waals surface area contributed by atoms with Crippen molar-refractivity contribution in [1.29, 1.82) is 0 Å². The topological polar surface area (TPSA) is 40.9 Å². The Bertz CT molecular complexity index is 928. The van der Waals surface area contributed by atoms with E-state index >= 15 is 0 Å². The van der Waals surface area contributed by atoms with Crippen LogP contribution in [0, 0.1) is 12.7 Å². The van der Waals surface area contributed by atoms with Gasteiger partial charge in [-0.15, -0.1) is 0 Å². The van der Waals surface area contributed by atoms with Gasteiger partial charge in [0.15, 0.2) is 0 Å². The number of benzene rings is 1. The number of carbonyl (C=O) groups is 1. The van der Waals surface area contributed by atoms with Crippen molar-refractivity contribution in [3.05, 3.63) is 65.9 Å². The van der Waals surface area contributed by atoms with E-state index in [9.17, 15) is 9.18 Å². The smallest absolute Gasteiger partial charge is 0.255 e. The monoisotopic (exact) mass is 338 g/mol. The van der Waals surface area contributed by atoms with Crippen LogP contribution in [0.1, 0.15) is 16.1 Å². The molecule has 0 spiro atoms. The Morgan fingerprint density at radius 1 is 1.04 bits per heavy atom. The molecular weight excluding hydrogens is 319 g/mol. The van der Waals surface area contributed by atoms with E-state index in [2.05, 4.69) is 4.98 Å². The minimum absolute atomic E-state index is 0.00133. The van der Waals surface area contributed by atoms with Crippen molar-refractivity contribution in [2.24, 2.45) is 0 Å². The number of pyridine rings is 1. The zero-order chi connectivity index (χ0) is 17.4. The van der Waals surface area contributed by atoms with Crippen LogP contribution in [-0.2, 0) is 0 Å². The summed E-state index contributed by atoms with van der Waals surface area (Å²) < 4.78 is 15.8. The molecule has 0 unspecified atom stereocenters. The van der Waals surface area contributed by atoms with Gasteiger partial charge >= 0.3 is 0 Å². The number of imidazole rings is 1. The number of para-hydroxylation sites is 1. The first kappa shape index (κ1) is 15.6. The molecule has 0 atom stereocenters. The fourth-order valence-electron chi connectivity index (χ4n) is 3.29. The van der Waals surface area contributed by atoms with E-state index in [-0.39, 0.29) is 11.7 Å². The normalized spacial score (nSPS) is 15.0. The molecule has 4 rings (SSSR count). The van der Waals surface area contributed by atoms with Crippen molar-refractivity contribution < 1.29 is 9.18 Å². The van der Waals surface area contributed by atoms with Crippen molar-refractivity contribution in [2.75, 3.05) is 31.1 Å². The summed E-state index contributed by atoms with van der Waals surface area (Å²) in [5, 5.41) is 0. The molecule has 25 heavy (non-hydrogen) atoms. The van der Waals surface area contributed by atoms with Gasteiger partial charge in [0.2, 0.25) is 0 Å². The van der Waals surface area contributed by atoms with Crippen molar-refractivity contribution in [2.45, 2.75) is 6.92 Å². The molecule has 1 saturated heterocycles. The molecule has 0 radical (unpaired) electrons. The summed E-state index contributed by atoms with van der Waals surface area (Å²) in [6.07, 6.45) is 3.73. The Morgan fingerprint density at radius 3 is 2.56 bits per heavy atom. The lowest BCUT2D eigenvalue weighted by Gasteiger charge is -2.36. The van der Waals surface area contributed by atoms with E-state index in [1.54, 1.807) is 12.1 Å². The van der Waals surface area contributed by atoms with E-state index < -0.39 is 0 Å². The fraction of sp³-hybridized carbons (Fsp3) is 0.263. The first-order valence-electron chi connectivity index (χ1n) is 8.36. The molecule has 1 aromatic carbocycles. The lowest BCUT2D eigenvalue weighted by molar-refractivity contribution is 0.0746. The van der Waals surface area contributed by atoms with Gasteiger partial charge < -0.3 is 14.2 Å². The Kier molecular flexibility index (Phi) is 3.87. The van der Waals surface area contributed by atoms with Crippen LogP contribution < -0.4 is 4.90 Å². The van der Waals surface area contributed by atoms with Crippen molar-refractivity contribution >= 4 is 17.2 Å². The molecule has 3 heterocycles. The number of aryl methyl sites for hydroxylation is 1. The highest BCUT2D eigenvalue weighted by Crippen LogP contribution is 2.21. The molecule has 6 heteroatoms. The van der Waals surface area contributed by atoms with Gasteiger partial charge in [-0.2, -0.15) is 0 Å². The molecule has 0 bridgehead atoms. The van der Waals surface area contributed by atoms with Gasteiger partial charge in [0.25, 0.3) is 5.91 Å². The Hall–Kier alpha value is -2.89. The third-order valence-electron chi connectivity index (χ3n) is 4.58. The number of fused-ring (bicyclic) bond motifs is 1. The van der Waals surface area contributed by atoms with Crippen LogP contribution in [0.15, 0.2) is 48.8 Å². The van der Waals surface area contributed by atoms with E-state index in [0.717, 1.165) is 11.3 Å². The second-order valence-corrected chi connectivity index (χ2v) is 6.30. The number of hydrogen-bond acceptors (Lipinski definition) is 3. The maximum atomic E-state index is 13.9.